The van der Waals surface area contributed by atoms with Gasteiger partial charge in [0.1, 0.15) is 24.4 Å². The number of aliphatic hydroxyl groups excluding tert-OH is 5. The number of hydrogen-bond donors (Lipinski definition) is 5. The van der Waals surface area contributed by atoms with Crippen molar-refractivity contribution in [3.05, 3.63) is 71.8 Å². The van der Waals surface area contributed by atoms with Crippen LogP contribution in [0.2, 0.25) is 0 Å². The zero-order valence-corrected chi connectivity index (χ0v) is 15.3. The van der Waals surface area contributed by atoms with E-state index in [1.165, 1.54) is 5.56 Å². The van der Waals surface area contributed by atoms with Gasteiger partial charge < -0.3 is 30.3 Å². The minimum atomic E-state index is -1.57. The van der Waals surface area contributed by atoms with Crippen LogP contribution in [0.1, 0.15) is 22.3 Å². The van der Waals surface area contributed by atoms with E-state index in [4.69, 9.17) is 25.5 Å². The van der Waals surface area contributed by atoms with Gasteiger partial charge in [-0.3, -0.25) is 4.79 Å². The van der Waals surface area contributed by atoms with Crippen LogP contribution in [0.3, 0.4) is 0 Å². The van der Waals surface area contributed by atoms with E-state index in [9.17, 15) is 4.79 Å². The first-order valence-corrected chi connectivity index (χ1v) is 9.04. The molecule has 0 amide bonds. The molecule has 1 heterocycles. The second kappa shape index (κ2) is 11.0. The summed E-state index contributed by atoms with van der Waals surface area (Å²) >= 11 is 0. The lowest BCUT2D eigenvalue weighted by Gasteiger charge is -2.37. The number of ether oxygens (including phenoxy) is 1. The topological polar surface area (TPSA) is 127 Å². The molecular weight excluding hydrogens is 364 g/mol. The number of rotatable bonds is 5. The zero-order valence-electron chi connectivity index (χ0n) is 15.3. The Morgan fingerprint density at radius 3 is 1.96 bits per heavy atom. The number of aliphatic hydroxyl groups is 5. The van der Waals surface area contributed by atoms with Crippen LogP contribution in [-0.4, -0.2) is 68.6 Å². The molecule has 2 aromatic rings. The van der Waals surface area contributed by atoms with E-state index in [-0.39, 0.29) is 5.78 Å². The Morgan fingerprint density at radius 1 is 0.821 bits per heavy atom. The minimum Gasteiger partial charge on any atom is -0.394 e. The van der Waals surface area contributed by atoms with E-state index < -0.39 is 37.3 Å². The summed E-state index contributed by atoms with van der Waals surface area (Å²) in [7, 11) is 0. The number of benzene rings is 2. The van der Waals surface area contributed by atoms with Crippen molar-refractivity contribution in [2.45, 2.75) is 43.5 Å². The van der Waals surface area contributed by atoms with E-state index >= 15 is 0 Å². The molecule has 1 aliphatic heterocycles. The molecule has 2 aromatic carbocycles. The minimum absolute atomic E-state index is 0.212. The van der Waals surface area contributed by atoms with Gasteiger partial charge in [-0.15, -0.1) is 0 Å². The average Bonchev–Trinajstić information content (AvgIpc) is 2.75. The van der Waals surface area contributed by atoms with Crippen LogP contribution in [0.15, 0.2) is 60.7 Å². The third-order valence-electron chi connectivity index (χ3n) is 4.45. The maximum absolute atomic E-state index is 11.8. The Kier molecular flexibility index (Phi) is 8.72. The third kappa shape index (κ3) is 6.20. The Bertz CT molecular complexity index is 702. The Labute approximate surface area is 163 Å². The summed E-state index contributed by atoms with van der Waals surface area (Å²) in [4.78, 5) is 11.8. The van der Waals surface area contributed by atoms with Gasteiger partial charge in [-0.2, -0.15) is 0 Å². The summed E-state index contributed by atoms with van der Waals surface area (Å²) in [5, 5.41) is 44.7. The molecule has 0 spiro atoms. The highest BCUT2D eigenvalue weighted by molar-refractivity contribution is 5.96. The van der Waals surface area contributed by atoms with E-state index in [0.717, 1.165) is 12.0 Å². The predicted molar refractivity (Wildman–Crippen MR) is 102 cm³/mol. The van der Waals surface area contributed by atoms with Crippen molar-refractivity contribution < 1.29 is 35.1 Å². The molecule has 0 radical (unpaired) electrons. The highest BCUT2D eigenvalue weighted by atomic mass is 16.6. The fourth-order valence-electron chi connectivity index (χ4n) is 2.75. The Balaban J connectivity index is 0.000000209. The van der Waals surface area contributed by atoms with Gasteiger partial charge in [0, 0.05) is 12.0 Å². The highest BCUT2D eigenvalue weighted by Crippen LogP contribution is 2.19. The molecule has 28 heavy (non-hydrogen) atoms. The third-order valence-corrected chi connectivity index (χ3v) is 4.45. The van der Waals surface area contributed by atoms with Crippen LogP contribution in [0.25, 0.3) is 0 Å². The molecule has 5 N–H and O–H groups in total. The van der Waals surface area contributed by atoms with Crippen LogP contribution < -0.4 is 0 Å². The molecule has 1 unspecified atom stereocenters. The van der Waals surface area contributed by atoms with Crippen molar-refractivity contribution >= 4 is 5.78 Å². The number of carbonyl (C=O) groups is 1. The molecule has 0 saturated carbocycles. The molecule has 1 fully saturated rings. The van der Waals surface area contributed by atoms with Gasteiger partial charge in [-0.25, -0.2) is 0 Å². The second-order valence-electron chi connectivity index (χ2n) is 6.49. The maximum Gasteiger partial charge on any atom is 0.184 e. The molecule has 0 aromatic heterocycles. The molecule has 1 saturated heterocycles. The lowest BCUT2D eigenvalue weighted by Crippen LogP contribution is -2.58. The van der Waals surface area contributed by atoms with Gasteiger partial charge in [-0.1, -0.05) is 60.7 Å². The zero-order chi connectivity index (χ0) is 20.5. The fraction of sp³-hybridized carbons (Fsp3) is 0.381. The summed E-state index contributed by atoms with van der Waals surface area (Å²) in [5.41, 5.74) is 2.02. The van der Waals surface area contributed by atoms with Crippen LogP contribution in [0, 0.1) is 0 Å². The SMILES string of the molecule is O=C(CCc1ccccc1)c1ccccc1.OC[C@H]1OC(O)[C@H](O)[C@@H](O)[C@@H]1O. The molecule has 1 aliphatic rings. The first kappa shape index (κ1) is 22.2. The summed E-state index contributed by atoms with van der Waals surface area (Å²) in [6.45, 7) is -0.526. The number of hydrogen-bond acceptors (Lipinski definition) is 7. The molecule has 7 heteroatoms. The Hall–Kier alpha value is -2.13. The van der Waals surface area contributed by atoms with E-state index in [0.29, 0.717) is 6.42 Å². The van der Waals surface area contributed by atoms with Gasteiger partial charge >= 0.3 is 0 Å². The average molecular weight is 390 g/mol. The van der Waals surface area contributed by atoms with Gasteiger partial charge in [-0.05, 0) is 12.0 Å². The van der Waals surface area contributed by atoms with E-state index in [2.05, 4.69) is 16.9 Å². The van der Waals surface area contributed by atoms with Crippen LogP contribution in [0.4, 0.5) is 0 Å². The first-order chi connectivity index (χ1) is 13.4. The first-order valence-electron chi connectivity index (χ1n) is 9.04. The summed E-state index contributed by atoms with van der Waals surface area (Å²) in [6, 6.07) is 19.6. The molecule has 5 atom stereocenters. The Morgan fingerprint density at radius 2 is 1.39 bits per heavy atom. The predicted octanol–water partition coefficient (Wildman–Crippen LogP) is 0.281. The van der Waals surface area contributed by atoms with Crippen LogP contribution in [-0.2, 0) is 11.2 Å². The van der Waals surface area contributed by atoms with E-state index in [1.54, 1.807) is 0 Å². The van der Waals surface area contributed by atoms with E-state index in [1.807, 2.05) is 48.5 Å². The largest absolute Gasteiger partial charge is 0.394 e. The smallest absolute Gasteiger partial charge is 0.184 e. The number of carbonyl (C=O) groups excluding carboxylic acids is 1. The maximum atomic E-state index is 11.8. The van der Waals surface area contributed by atoms with Gasteiger partial charge in [0.25, 0.3) is 0 Å². The van der Waals surface area contributed by atoms with Crippen molar-refractivity contribution in [1.82, 2.24) is 0 Å². The molecular formula is C21H26O7. The van der Waals surface area contributed by atoms with Crippen LogP contribution in [0.5, 0.6) is 0 Å². The molecule has 152 valence electrons. The van der Waals surface area contributed by atoms with Gasteiger partial charge in [0.2, 0.25) is 0 Å². The number of Topliss-reactive ketones (excluding diaryl/α,β-unsaturated/α-hetero) is 1. The van der Waals surface area contributed by atoms with Crippen LogP contribution >= 0.6 is 0 Å². The monoisotopic (exact) mass is 390 g/mol. The molecule has 0 aliphatic carbocycles. The molecule has 0 bridgehead atoms. The molecule has 3 rings (SSSR count). The van der Waals surface area contributed by atoms with Crippen molar-refractivity contribution in [1.29, 1.82) is 0 Å². The van der Waals surface area contributed by atoms with Crippen molar-refractivity contribution in [3.8, 4) is 0 Å². The van der Waals surface area contributed by atoms with Gasteiger partial charge in [0.05, 0.1) is 6.61 Å². The quantitative estimate of drug-likeness (QED) is 0.464. The lowest BCUT2D eigenvalue weighted by molar-refractivity contribution is -0.286. The van der Waals surface area contributed by atoms with Crippen molar-refractivity contribution in [2.24, 2.45) is 0 Å². The van der Waals surface area contributed by atoms with Crippen molar-refractivity contribution in [3.63, 3.8) is 0 Å². The van der Waals surface area contributed by atoms with Crippen molar-refractivity contribution in [2.75, 3.05) is 6.61 Å². The lowest BCUT2D eigenvalue weighted by atomic mass is 10.00. The normalized spacial score (nSPS) is 26.8. The summed E-state index contributed by atoms with van der Waals surface area (Å²) in [5.74, 6) is 0.212. The second-order valence-corrected chi connectivity index (χ2v) is 6.49. The fourth-order valence-corrected chi connectivity index (χ4v) is 2.75. The number of aryl methyl sites for hydroxylation is 1. The number of ketones is 1. The standard InChI is InChI=1S/C15H14O.C6H12O6/c16-15(14-9-5-2-6-10-14)12-11-13-7-3-1-4-8-13;7-1-2-3(8)4(9)5(10)6(11)12-2/h1-10H,11-12H2;2-11H,1H2/t;2-,3-,4+,5-,6?/m.1/s1. The highest BCUT2D eigenvalue weighted by Gasteiger charge is 2.42. The summed E-state index contributed by atoms with van der Waals surface area (Å²) in [6.07, 6.45) is -5.65. The van der Waals surface area contributed by atoms with Gasteiger partial charge in [0.15, 0.2) is 12.1 Å². The molecule has 7 nitrogen and oxygen atoms in total. The summed E-state index contributed by atoms with van der Waals surface area (Å²) < 4.78 is 4.58.